The Morgan fingerprint density at radius 1 is 1.35 bits per heavy atom. The minimum Gasteiger partial charge on any atom is -0.495 e. The molecule has 3 aromatic rings. The van der Waals surface area contributed by atoms with Crippen LogP contribution in [0.2, 0.25) is 0 Å². The van der Waals surface area contributed by atoms with E-state index in [-0.39, 0.29) is 6.04 Å². The summed E-state index contributed by atoms with van der Waals surface area (Å²) < 4.78 is 8.54. The predicted octanol–water partition coefficient (Wildman–Crippen LogP) is 4.78. The second-order valence-electron chi connectivity index (χ2n) is 7.78. The molecule has 0 fully saturated rings. The fourth-order valence-electron chi connectivity index (χ4n) is 3.87. The monoisotopic (exact) mass is 488 g/mol. The maximum Gasteiger partial charge on any atom is 0.320 e. The number of anilines is 2. The van der Waals surface area contributed by atoms with Gasteiger partial charge in [-0.25, -0.2) is 4.98 Å². The first-order valence-electron chi connectivity index (χ1n) is 10.3. The van der Waals surface area contributed by atoms with E-state index in [1.165, 1.54) is 0 Å². The van der Waals surface area contributed by atoms with Gasteiger partial charge in [-0.3, -0.25) is 4.79 Å². The third kappa shape index (κ3) is 5.02. The Bertz CT molecular complexity index is 1100. The molecule has 1 heterocycles. The van der Waals surface area contributed by atoms with E-state index in [2.05, 4.69) is 32.6 Å². The highest BCUT2D eigenvalue weighted by atomic mass is 79.9. The largest absolute Gasteiger partial charge is 0.495 e. The summed E-state index contributed by atoms with van der Waals surface area (Å²) in [6.07, 6.45) is 1.23. The first-order valence-corrected chi connectivity index (χ1v) is 11.1. The van der Waals surface area contributed by atoms with Gasteiger partial charge in [0.2, 0.25) is 5.95 Å². The van der Waals surface area contributed by atoms with Crippen LogP contribution in [0.5, 0.6) is 5.75 Å². The molecule has 7 nitrogen and oxygen atoms in total. The molecule has 2 atom stereocenters. The summed E-state index contributed by atoms with van der Waals surface area (Å²) in [7, 11) is 3.63. The number of aromatic nitrogens is 2. The van der Waals surface area contributed by atoms with Gasteiger partial charge < -0.3 is 25.0 Å². The number of nitrogens with zero attached hydrogens (tertiary/aromatic N) is 2. The fraction of sp³-hybridized carbons (Fsp3) is 0.391. The van der Waals surface area contributed by atoms with Crippen LogP contribution in [0.1, 0.15) is 31.4 Å². The Morgan fingerprint density at radius 2 is 2.10 bits per heavy atom. The van der Waals surface area contributed by atoms with Crippen molar-refractivity contribution < 1.29 is 14.6 Å². The van der Waals surface area contributed by atoms with Crippen molar-refractivity contribution in [1.82, 2.24) is 14.9 Å². The number of ether oxygens (including phenoxy) is 1. The van der Waals surface area contributed by atoms with Gasteiger partial charge in [0.1, 0.15) is 11.8 Å². The van der Waals surface area contributed by atoms with Gasteiger partial charge in [0.25, 0.3) is 0 Å². The minimum absolute atomic E-state index is 0.00627. The number of halogens is 1. The SMILES string of the molecule is CCC(NC(C)Cc1cccc2nc(Nc3c(C)cc(Br)cc3OC)n(C)c12)C(=O)O. The number of benzene rings is 2. The number of imidazole rings is 1. The Balaban J connectivity index is 1.93. The van der Waals surface area contributed by atoms with Crippen LogP contribution < -0.4 is 15.4 Å². The number of aliphatic carboxylic acids is 1. The number of para-hydroxylation sites is 1. The number of rotatable bonds is 9. The Labute approximate surface area is 190 Å². The van der Waals surface area contributed by atoms with E-state index in [4.69, 9.17) is 9.72 Å². The number of carboxylic acids is 1. The maximum atomic E-state index is 11.4. The second kappa shape index (κ2) is 9.70. The highest BCUT2D eigenvalue weighted by Crippen LogP contribution is 2.35. The number of aryl methyl sites for hydroxylation is 2. The molecule has 0 aliphatic rings. The van der Waals surface area contributed by atoms with E-state index in [9.17, 15) is 9.90 Å². The molecule has 0 aliphatic carbocycles. The van der Waals surface area contributed by atoms with Crippen LogP contribution in [0.25, 0.3) is 11.0 Å². The summed E-state index contributed by atoms with van der Waals surface area (Å²) in [6.45, 7) is 5.90. The van der Waals surface area contributed by atoms with Crippen LogP contribution in [0.3, 0.4) is 0 Å². The molecule has 2 aromatic carbocycles. The lowest BCUT2D eigenvalue weighted by Crippen LogP contribution is -2.42. The van der Waals surface area contributed by atoms with Crippen molar-refractivity contribution in [2.75, 3.05) is 12.4 Å². The lowest BCUT2D eigenvalue weighted by atomic mass is 10.0. The molecular formula is C23H29BrN4O3. The van der Waals surface area contributed by atoms with Crippen molar-refractivity contribution in [3.63, 3.8) is 0 Å². The van der Waals surface area contributed by atoms with Gasteiger partial charge in [-0.1, -0.05) is 35.0 Å². The summed E-state index contributed by atoms with van der Waals surface area (Å²) in [6, 6.07) is 9.44. The number of hydrogen-bond acceptors (Lipinski definition) is 5. The Kier molecular flexibility index (Phi) is 7.23. The van der Waals surface area contributed by atoms with Gasteiger partial charge >= 0.3 is 5.97 Å². The van der Waals surface area contributed by atoms with Gasteiger partial charge in [-0.05, 0) is 56.0 Å². The molecule has 31 heavy (non-hydrogen) atoms. The number of fused-ring (bicyclic) bond motifs is 1. The zero-order valence-corrected chi connectivity index (χ0v) is 20.1. The fourth-order valence-corrected chi connectivity index (χ4v) is 4.42. The summed E-state index contributed by atoms with van der Waals surface area (Å²) in [5.41, 5.74) is 4.92. The quantitative estimate of drug-likeness (QED) is 0.401. The number of carbonyl (C=O) groups is 1. The first-order chi connectivity index (χ1) is 14.7. The number of hydrogen-bond donors (Lipinski definition) is 3. The van der Waals surface area contributed by atoms with Gasteiger partial charge in [0.15, 0.2) is 0 Å². The zero-order chi connectivity index (χ0) is 22.7. The van der Waals surface area contributed by atoms with Crippen LogP contribution in [-0.4, -0.2) is 39.8 Å². The van der Waals surface area contributed by atoms with Gasteiger partial charge in [0, 0.05) is 17.6 Å². The topological polar surface area (TPSA) is 88.4 Å². The van der Waals surface area contributed by atoms with E-state index in [0.717, 1.165) is 38.1 Å². The molecule has 2 unspecified atom stereocenters. The molecule has 1 aromatic heterocycles. The van der Waals surface area contributed by atoms with Crippen molar-refractivity contribution in [2.24, 2.45) is 7.05 Å². The highest BCUT2D eigenvalue weighted by Gasteiger charge is 2.20. The number of carboxylic acid groups (broad SMARTS) is 1. The van der Waals surface area contributed by atoms with E-state index >= 15 is 0 Å². The summed E-state index contributed by atoms with van der Waals surface area (Å²) >= 11 is 3.51. The lowest BCUT2D eigenvalue weighted by Gasteiger charge is -2.19. The molecule has 3 rings (SSSR count). The third-order valence-electron chi connectivity index (χ3n) is 5.42. The molecule has 0 spiro atoms. The van der Waals surface area contributed by atoms with E-state index in [1.807, 2.05) is 56.7 Å². The standard InChI is InChI=1S/C23H29BrN4O3/c1-6-17(22(29)30)25-14(3)11-15-8-7-9-18-21(15)28(4)23(26-18)27-20-13(2)10-16(24)12-19(20)31-5/h7-10,12,14,17,25H,6,11H2,1-5H3,(H,26,27)(H,29,30). The third-order valence-corrected chi connectivity index (χ3v) is 5.87. The first kappa shape index (κ1) is 23.1. The van der Waals surface area contributed by atoms with E-state index in [1.54, 1.807) is 7.11 Å². The Hall–Kier alpha value is -2.58. The molecule has 8 heteroatoms. The van der Waals surface area contributed by atoms with Crippen LogP contribution >= 0.6 is 15.9 Å². The molecule has 0 saturated carbocycles. The van der Waals surface area contributed by atoms with E-state index in [0.29, 0.717) is 18.8 Å². The minimum atomic E-state index is -0.821. The lowest BCUT2D eigenvalue weighted by molar-refractivity contribution is -0.139. The van der Waals surface area contributed by atoms with Gasteiger partial charge in [-0.2, -0.15) is 0 Å². The smallest absolute Gasteiger partial charge is 0.320 e. The molecule has 0 aliphatic heterocycles. The maximum absolute atomic E-state index is 11.4. The zero-order valence-electron chi connectivity index (χ0n) is 18.5. The molecule has 166 valence electrons. The normalized spacial score (nSPS) is 13.2. The molecule has 3 N–H and O–H groups in total. The summed E-state index contributed by atoms with van der Waals surface area (Å²) in [5, 5.41) is 16.0. The van der Waals surface area contributed by atoms with Crippen LogP contribution in [0.15, 0.2) is 34.8 Å². The van der Waals surface area contributed by atoms with Crippen molar-refractivity contribution in [2.45, 2.75) is 45.7 Å². The second-order valence-corrected chi connectivity index (χ2v) is 8.69. The molecule has 0 bridgehead atoms. The number of nitrogens with one attached hydrogen (secondary N) is 2. The summed E-state index contributed by atoms with van der Waals surface area (Å²) in [4.78, 5) is 16.2. The van der Waals surface area contributed by atoms with Crippen LogP contribution in [0, 0.1) is 6.92 Å². The molecule has 0 radical (unpaired) electrons. The summed E-state index contributed by atoms with van der Waals surface area (Å²) in [5.74, 6) is 0.624. The highest BCUT2D eigenvalue weighted by molar-refractivity contribution is 9.10. The number of methoxy groups -OCH3 is 1. The average molecular weight is 489 g/mol. The molecule has 0 amide bonds. The predicted molar refractivity (Wildman–Crippen MR) is 127 cm³/mol. The van der Waals surface area contributed by atoms with Crippen molar-refractivity contribution in [3.05, 3.63) is 45.9 Å². The van der Waals surface area contributed by atoms with Gasteiger partial charge in [0.05, 0.1) is 23.8 Å². The molecular weight excluding hydrogens is 460 g/mol. The van der Waals surface area contributed by atoms with E-state index < -0.39 is 12.0 Å². The van der Waals surface area contributed by atoms with Crippen molar-refractivity contribution >= 4 is 44.6 Å². The van der Waals surface area contributed by atoms with Gasteiger partial charge in [-0.15, -0.1) is 0 Å². The van der Waals surface area contributed by atoms with Crippen molar-refractivity contribution in [1.29, 1.82) is 0 Å². The van der Waals surface area contributed by atoms with Crippen LogP contribution in [-0.2, 0) is 18.3 Å². The Morgan fingerprint density at radius 3 is 2.74 bits per heavy atom. The average Bonchev–Trinajstić information content (AvgIpc) is 3.04. The molecule has 0 saturated heterocycles. The van der Waals surface area contributed by atoms with Crippen molar-refractivity contribution in [3.8, 4) is 5.75 Å². The van der Waals surface area contributed by atoms with Crippen LogP contribution in [0.4, 0.5) is 11.6 Å².